The number of carbonyl (C=O) groups is 6. The van der Waals surface area contributed by atoms with Crippen molar-refractivity contribution in [3.63, 3.8) is 0 Å². The molecule has 4 atom stereocenters. The molecule has 0 radical (unpaired) electrons. The molecule has 0 bridgehead atoms. The van der Waals surface area contributed by atoms with Gasteiger partial charge in [0.1, 0.15) is 18.1 Å². The van der Waals surface area contributed by atoms with E-state index in [1.165, 1.54) is 6.92 Å². The van der Waals surface area contributed by atoms with Crippen molar-refractivity contribution in [2.24, 2.45) is 11.5 Å². The fourth-order valence-electron chi connectivity index (χ4n) is 1.96. The second kappa shape index (κ2) is 12.2. The van der Waals surface area contributed by atoms with Crippen LogP contribution in [0, 0.1) is 0 Å². The van der Waals surface area contributed by atoms with E-state index in [0.29, 0.717) is 0 Å². The van der Waals surface area contributed by atoms with Crippen LogP contribution in [0.5, 0.6) is 0 Å². The standard InChI is InChI=1S/C15H25N5O9/c1-6(18-13(26)7(16)2-3-11(23)24)12(25)20-9(5-21)14(27)19-8(15(28)29)4-10(17)22/h6-9,21H,2-5,16H2,1H3,(H2,17,22)(H,18,26)(H,19,27)(H,20,25)(H,23,24)(H,28,29). The fourth-order valence-corrected chi connectivity index (χ4v) is 1.96. The molecule has 0 aliphatic carbocycles. The van der Waals surface area contributed by atoms with Gasteiger partial charge in [-0.3, -0.25) is 24.0 Å². The lowest BCUT2D eigenvalue weighted by molar-refractivity contribution is -0.144. The van der Waals surface area contributed by atoms with Gasteiger partial charge in [0, 0.05) is 6.42 Å². The molecule has 14 nitrogen and oxygen atoms in total. The Morgan fingerprint density at radius 1 is 0.897 bits per heavy atom. The van der Waals surface area contributed by atoms with Gasteiger partial charge >= 0.3 is 11.9 Å². The minimum atomic E-state index is -1.66. The number of aliphatic hydroxyl groups is 1. The highest BCUT2D eigenvalue weighted by molar-refractivity contribution is 5.94. The third-order valence-electron chi connectivity index (χ3n) is 3.59. The van der Waals surface area contributed by atoms with Crippen LogP contribution >= 0.6 is 0 Å². The molecule has 4 unspecified atom stereocenters. The molecule has 0 aromatic rings. The van der Waals surface area contributed by atoms with Gasteiger partial charge in [-0.2, -0.15) is 0 Å². The predicted octanol–water partition coefficient (Wildman–Crippen LogP) is -4.39. The van der Waals surface area contributed by atoms with Crippen LogP contribution in [0.3, 0.4) is 0 Å². The Morgan fingerprint density at radius 2 is 1.45 bits per heavy atom. The number of hydrogen-bond acceptors (Lipinski definition) is 8. The number of aliphatic carboxylic acids is 2. The lowest BCUT2D eigenvalue weighted by Gasteiger charge is -2.22. The number of nitrogens with one attached hydrogen (secondary N) is 3. The third-order valence-corrected chi connectivity index (χ3v) is 3.59. The molecule has 0 saturated carbocycles. The number of primary amides is 1. The van der Waals surface area contributed by atoms with Gasteiger partial charge in [0.25, 0.3) is 0 Å². The van der Waals surface area contributed by atoms with Gasteiger partial charge in [-0.25, -0.2) is 4.79 Å². The minimum Gasteiger partial charge on any atom is -0.481 e. The van der Waals surface area contributed by atoms with Gasteiger partial charge in [0.2, 0.25) is 23.6 Å². The number of carboxylic acids is 2. The van der Waals surface area contributed by atoms with E-state index in [4.69, 9.17) is 21.7 Å². The second-order valence-electron chi connectivity index (χ2n) is 6.08. The van der Waals surface area contributed by atoms with Crippen LogP contribution in [0.4, 0.5) is 0 Å². The Hall–Kier alpha value is -3.26. The van der Waals surface area contributed by atoms with Crippen molar-refractivity contribution in [1.82, 2.24) is 16.0 Å². The number of hydrogen-bond donors (Lipinski definition) is 8. The van der Waals surface area contributed by atoms with Crippen molar-refractivity contribution in [2.45, 2.75) is 50.4 Å². The average molecular weight is 419 g/mol. The molecule has 0 aromatic carbocycles. The SMILES string of the molecule is CC(NC(=O)C(N)CCC(=O)O)C(=O)NC(CO)C(=O)NC(CC(N)=O)C(=O)O. The Bertz CT molecular complexity index is 654. The smallest absolute Gasteiger partial charge is 0.326 e. The first kappa shape index (κ1) is 25.7. The van der Waals surface area contributed by atoms with Crippen molar-refractivity contribution in [2.75, 3.05) is 6.61 Å². The van der Waals surface area contributed by atoms with Gasteiger partial charge in [-0.15, -0.1) is 0 Å². The summed E-state index contributed by atoms with van der Waals surface area (Å²) in [5.74, 6) is -6.47. The van der Waals surface area contributed by atoms with Crippen molar-refractivity contribution in [3.8, 4) is 0 Å². The zero-order valence-electron chi connectivity index (χ0n) is 15.6. The van der Waals surface area contributed by atoms with E-state index in [1.54, 1.807) is 0 Å². The van der Waals surface area contributed by atoms with Crippen molar-refractivity contribution in [3.05, 3.63) is 0 Å². The van der Waals surface area contributed by atoms with Gasteiger partial charge in [0.15, 0.2) is 0 Å². The van der Waals surface area contributed by atoms with E-state index in [9.17, 15) is 33.9 Å². The summed E-state index contributed by atoms with van der Waals surface area (Å²) in [5.41, 5.74) is 10.4. The molecular weight excluding hydrogens is 394 g/mol. The normalized spacial score (nSPS) is 14.6. The van der Waals surface area contributed by atoms with Crippen molar-refractivity contribution < 1.29 is 44.1 Å². The molecule has 0 spiro atoms. The van der Waals surface area contributed by atoms with Crippen LogP contribution in [0.25, 0.3) is 0 Å². The van der Waals surface area contributed by atoms with E-state index in [0.717, 1.165) is 0 Å². The molecule has 0 saturated heterocycles. The van der Waals surface area contributed by atoms with Crippen LogP contribution in [0.15, 0.2) is 0 Å². The molecule has 0 aliphatic heterocycles. The Balaban J connectivity index is 4.81. The number of aliphatic hydroxyl groups excluding tert-OH is 1. The molecule has 4 amide bonds. The highest BCUT2D eigenvalue weighted by Crippen LogP contribution is 1.98. The molecule has 10 N–H and O–H groups in total. The maximum atomic E-state index is 12.1. The predicted molar refractivity (Wildman–Crippen MR) is 94.8 cm³/mol. The van der Waals surface area contributed by atoms with E-state index in [1.807, 2.05) is 5.32 Å². The summed E-state index contributed by atoms with van der Waals surface area (Å²) in [4.78, 5) is 68.3. The van der Waals surface area contributed by atoms with Gasteiger partial charge in [0.05, 0.1) is 19.1 Å². The number of nitrogens with two attached hydrogens (primary N) is 2. The zero-order chi connectivity index (χ0) is 22.7. The lowest BCUT2D eigenvalue weighted by atomic mass is 10.1. The molecule has 29 heavy (non-hydrogen) atoms. The highest BCUT2D eigenvalue weighted by Gasteiger charge is 2.29. The monoisotopic (exact) mass is 419 g/mol. The van der Waals surface area contributed by atoms with Crippen LogP contribution in [0.2, 0.25) is 0 Å². The van der Waals surface area contributed by atoms with Crippen LogP contribution in [0.1, 0.15) is 26.2 Å². The Kier molecular flexibility index (Phi) is 10.9. The van der Waals surface area contributed by atoms with E-state index in [2.05, 4.69) is 10.6 Å². The summed E-state index contributed by atoms with van der Waals surface area (Å²) >= 11 is 0. The summed E-state index contributed by atoms with van der Waals surface area (Å²) in [7, 11) is 0. The maximum absolute atomic E-state index is 12.1. The third kappa shape index (κ3) is 10.0. The number of carboxylic acid groups (broad SMARTS) is 2. The summed E-state index contributed by atoms with van der Waals surface area (Å²) in [6, 6.07) is -5.61. The van der Waals surface area contributed by atoms with Crippen molar-refractivity contribution >= 4 is 35.6 Å². The first-order valence-corrected chi connectivity index (χ1v) is 8.39. The van der Waals surface area contributed by atoms with Gasteiger partial charge < -0.3 is 42.7 Å². The zero-order valence-corrected chi connectivity index (χ0v) is 15.6. The first-order valence-electron chi connectivity index (χ1n) is 8.39. The second-order valence-corrected chi connectivity index (χ2v) is 6.08. The van der Waals surface area contributed by atoms with E-state index in [-0.39, 0.29) is 12.8 Å². The van der Waals surface area contributed by atoms with Crippen LogP contribution in [-0.4, -0.2) is 81.7 Å². The fraction of sp³-hybridized carbons (Fsp3) is 0.600. The quantitative estimate of drug-likeness (QED) is 0.142. The molecule has 0 aliphatic rings. The molecule has 14 heteroatoms. The molecular formula is C15H25N5O9. The number of carbonyl (C=O) groups excluding carboxylic acids is 4. The number of rotatable bonds is 13. The summed E-state index contributed by atoms with van der Waals surface area (Å²) in [6.07, 6.45) is -1.21. The maximum Gasteiger partial charge on any atom is 0.326 e. The first-order chi connectivity index (χ1) is 13.4. The average Bonchev–Trinajstić information content (AvgIpc) is 2.62. The molecule has 0 heterocycles. The van der Waals surface area contributed by atoms with E-state index < -0.39 is 72.8 Å². The minimum absolute atomic E-state index is 0.159. The number of amides is 4. The molecule has 0 aromatic heterocycles. The van der Waals surface area contributed by atoms with Crippen molar-refractivity contribution in [1.29, 1.82) is 0 Å². The van der Waals surface area contributed by atoms with E-state index >= 15 is 0 Å². The summed E-state index contributed by atoms with van der Waals surface area (Å²) < 4.78 is 0. The van der Waals surface area contributed by atoms with Crippen LogP contribution < -0.4 is 27.4 Å². The summed E-state index contributed by atoms with van der Waals surface area (Å²) in [6.45, 7) is 0.343. The largest absolute Gasteiger partial charge is 0.481 e. The topological polar surface area (TPSA) is 251 Å². The molecule has 0 rings (SSSR count). The molecule has 164 valence electrons. The molecule has 0 fully saturated rings. The highest BCUT2D eigenvalue weighted by atomic mass is 16.4. The van der Waals surface area contributed by atoms with Gasteiger partial charge in [-0.05, 0) is 13.3 Å². The van der Waals surface area contributed by atoms with Crippen LogP contribution in [-0.2, 0) is 28.8 Å². The summed E-state index contributed by atoms with van der Waals surface area (Å²) in [5, 5.41) is 33.1. The van der Waals surface area contributed by atoms with Gasteiger partial charge in [-0.1, -0.05) is 0 Å². The Labute approximate surface area is 165 Å². The lowest BCUT2D eigenvalue weighted by Crippen LogP contribution is -2.57. The Morgan fingerprint density at radius 3 is 1.90 bits per heavy atom.